The van der Waals surface area contributed by atoms with Gasteiger partial charge in [-0.05, 0) is 24.3 Å². The molecule has 1 aromatic heterocycles. The molecular weight excluding hydrogens is 300 g/mol. The predicted octanol–water partition coefficient (Wildman–Crippen LogP) is 0.136. The standard InChI is InChI=1S/C11H10N4O5S/c16-10(17)7-20-8-1-3-9(4-2-8)21(18,19)15-11-12-5-6-13-14-11/h1-6H,7H2,(H,16,17)(H,12,14,15). The fourth-order valence-corrected chi connectivity index (χ4v) is 2.28. The van der Waals surface area contributed by atoms with E-state index in [2.05, 4.69) is 19.9 Å². The molecule has 0 amide bonds. The number of anilines is 1. The smallest absolute Gasteiger partial charge is 0.341 e. The van der Waals surface area contributed by atoms with Gasteiger partial charge in [0, 0.05) is 0 Å². The Bertz CT molecular complexity index is 718. The van der Waals surface area contributed by atoms with Gasteiger partial charge in [-0.15, -0.1) is 5.10 Å². The molecule has 2 N–H and O–H groups in total. The summed E-state index contributed by atoms with van der Waals surface area (Å²) in [6, 6.07) is 5.25. The first kappa shape index (κ1) is 14.7. The highest BCUT2D eigenvalue weighted by Crippen LogP contribution is 2.17. The molecule has 110 valence electrons. The van der Waals surface area contributed by atoms with Crippen LogP contribution in [-0.2, 0) is 14.8 Å². The fraction of sp³-hybridized carbons (Fsp3) is 0.0909. The molecule has 0 saturated carbocycles. The van der Waals surface area contributed by atoms with E-state index in [0.29, 0.717) is 0 Å². The van der Waals surface area contributed by atoms with Crippen LogP contribution in [0.1, 0.15) is 0 Å². The highest BCUT2D eigenvalue weighted by molar-refractivity contribution is 7.92. The molecule has 2 rings (SSSR count). The van der Waals surface area contributed by atoms with Crippen LogP contribution in [-0.4, -0.2) is 41.3 Å². The average Bonchev–Trinajstić information content (AvgIpc) is 2.46. The number of benzene rings is 1. The third-order valence-corrected chi connectivity index (χ3v) is 3.55. The van der Waals surface area contributed by atoms with Crippen LogP contribution in [0.25, 0.3) is 0 Å². The Balaban J connectivity index is 2.12. The van der Waals surface area contributed by atoms with Crippen molar-refractivity contribution in [3.05, 3.63) is 36.7 Å². The molecule has 0 saturated heterocycles. The van der Waals surface area contributed by atoms with Crippen LogP contribution < -0.4 is 9.46 Å². The van der Waals surface area contributed by atoms with Crippen LogP contribution >= 0.6 is 0 Å². The fourth-order valence-electron chi connectivity index (χ4n) is 1.33. The number of aliphatic carboxylic acids is 1. The largest absolute Gasteiger partial charge is 0.482 e. The number of nitrogens with zero attached hydrogens (tertiary/aromatic N) is 3. The molecule has 1 aromatic carbocycles. The van der Waals surface area contributed by atoms with Gasteiger partial charge in [0.15, 0.2) is 6.61 Å². The lowest BCUT2D eigenvalue weighted by Crippen LogP contribution is -2.15. The van der Waals surface area contributed by atoms with Gasteiger partial charge in [0.25, 0.3) is 16.0 Å². The molecule has 0 aliphatic rings. The molecular formula is C11H10N4O5S. The number of rotatable bonds is 6. The Morgan fingerprint density at radius 2 is 1.95 bits per heavy atom. The summed E-state index contributed by atoms with van der Waals surface area (Å²) in [6.07, 6.45) is 2.61. The van der Waals surface area contributed by atoms with Crippen molar-refractivity contribution in [2.24, 2.45) is 0 Å². The zero-order valence-corrected chi connectivity index (χ0v) is 11.3. The van der Waals surface area contributed by atoms with E-state index in [1.807, 2.05) is 0 Å². The normalized spacial score (nSPS) is 10.9. The predicted molar refractivity (Wildman–Crippen MR) is 70.2 cm³/mol. The minimum absolute atomic E-state index is 0.0439. The lowest BCUT2D eigenvalue weighted by Gasteiger charge is -2.07. The number of aromatic nitrogens is 3. The number of sulfonamides is 1. The highest BCUT2D eigenvalue weighted by atomic mass is 32.2. The van der Waals surface area contributed by atoms with Crippen LogP contribution in [0.3, 0.4) is 0 Å². The molecule has 0 atom stereocenters. The highest BCUT2D eigenvalue weighted by Gasteiger charge is 2.15. The summed E-state index contributed by atoms with van der Waals surface area (Å²) in [4.78, 5) is 14.0. The maximum Gasteiger partial charge on any atom is 0.341 e. The quantitative estimate of drug-likeness (QED) is 0.770. The number of hydrogen-bond acceptors (Lipinski definition) is 7. The Labute approximate surface area is 119 Å². The van der Waals surface area contributed by atoms with Crippen LogP contribution in [0.15, 0.2) is 41.6 Å². The van der Waals surface area contributed by atoms with Gasteiger partial charge in [-0.25, -0.2) is 22.9 Å². The summed E-state index contributed by atoms with van der Waals surface area (Å²) < 4.78 is 31.1. The van der Waals surface area contributed by atoms with Crippen LogP contribution in [0, 0.1) is 0 Å². The van der Waals surface area contributed by atoms with Crippen molar-refractivity contribution >= 4 is 21.9 Å². The van der Waals surface area contributed by atoms with E-state index in [1.54, 1.807) is 0 Å². The molecule has 0 bridgehead atoms. The molecule has 0 spiro atoms. The minimum atomic E-state index is -3.85. The summed E-state index contributed by atoms with van der Waals surface area (Å²) in [6.45, 7) is -0.506. The monoisotopic (exact) mass is 310 g/mol. The zero-order chi connectivity index (χ0) is 15.3. The third kappa shape index (κ3) is 4.11. The Hall–Kier alpha value is -2.75. The second-order valence-electron chi connectivity index (χ2n) is 3.73. The Morgan fingerprint density at radius 1 is 1.24 bits per heavy atom. The molecule has 9 nitrogen and oxygen atoms in total. The summed E-state index contributed by atoms with van der Waals surface area (Å²) in [5, 5.41) is 15.5. The van der Waals surface area contributed by atoms with Gasteiger partial charge in [-0.3, -0.25) is 0 Å². The van der Waals surface area contributed by atoms with Crippen molar-refractivity contribution in [1.82, 2.24) is 15.2 Å². The second-order valence-corrected chi connectivity index (χ2v) is 5.41. The molecule has 0 radical (unpaired) electrons. The van der Waals surface area contributed by atoms with Crippen molar-refractivity contribution in [3.8, 4) is 5.75 Å². The number of ether oxygens (including phenoxy) is 1. The van der Waals surface area contributed by atoms with Gasteiger partial charge in [0.2, 0.25) is 0 Å². The summed E-state index contributed by atoms with van der Waals surface area (Å²) in [5.41, 5.74) is 0. The van der Waals surface area contributed by atoms with Crippen molar-refractivity contribution < 1.29 is 23.1 Å². The number of carboxylic acid groups (broad SMARTS) is 1. The molecule has 0 fully saturated rings. The van der Waals surface area contributed by atoms with Crippen LogP contribution in [0.5, 0.6) is 5.75 Å². The van der Waals surface area contributed by atoms with Crippen molar-refractivity contribution in [2.45, 2.75) is 4.90 Å². The number of carboxylic acids is 1. The lowest BCUT2D eigenvalue weighted by atomic mass is 10.3. The van der Waals surface area contributed by atoms with E-state index in [-0.39, 0.29) is 16.6 Å². The van der Waals surface area contributed by atoms with Crippen molar-refractivity contribution in [1.29, 1.82) is 0 Å². The summed E-state index contributed by atoms with van der Waals surface area (Å²) in [7, 11) is -3.85. The molecule has 0 unspecified atom stereocenters. The SMILES string of the molecule is O=C(O)COc1ccc(S(=O)(=O)Nc2nccnn2)cc1. The molecule has 21 heavy (non-hydrogen) atoms. The Morgan fingerprint density at radius 3 is 2.52 bits per heavy atom. The molecule has 1 heterocycles. The van der Waals surface area contributed by atoms with E-state index in [9.17, 15) is 13.2 Å². The van der Waals surface area contributed by atoms with E-state index >= 15 is 0 Å². The number of hydrogen-bond donors (Lipinski definition) is 2. The van der Waals surface area contributed by atoms with Crippen molar-refractivity contribution in [2.75, 3.05) is 11.3 Å². The third-order valence-electron chi connectivity index (χ3n) is 2.20. The van der Waals surface area contributed by atoms with Gasteiger partial charge in [-0.2, -0.15) is 5.10 Å². The van der Waals surface area contributed by atoms with Crippen molar-refractivity contribution in [3.63, 3.8) is 0 Å². The first-order valence-electron chi connectivity index (χ1n) is 5.58. The van der Waals surface area contributed by atoms with E-state index in [4.69, 9.17) is 9.84 Å². The maximum absolute atomic E-state index is 12.0. The number of nitrogens with one attached hydrogen (secondary N) is 1. The van der Waals surface area contributed by atoms with Gasteiger partial charge >= 0.3 is 5.97 Å². The zero-order valence-electron chi connectivity index (χ0n) is 10.5. The first-order valence-corrected chi connectivity index (χ1v) is 7.07. The van der Waals surface area contributed by atoms with Gasteiger partial charge in [0.05, 0.1) is 17.3 Å². The van der Waals surface area contributed by atoms with Gasteiger partial charge in [-0.1, -0.05) is 0 Å². The van der Waals surface area contributed by atoms with E-state index < -0.39 is 22.6 Å². The molecule has 0 aliphatic heterocycles. The summed E-state index contributed by atoms with van der Waals surface area (Å²) in [5.74, 6) is -1.03. The van der Waals surface area contributed by atoms with Crippen LogP contribution in [0.2, 0.25) is 0 Å². The maximum atomic E-state index is 12.0. The van der Waals surface area contributed by atoms with Crippen LogP contribution in [0.4, 0.5) is 5.95 Å². The van der Waals surface area contributed by atoms with E-state index in [0.717, 1.165) is 0 Å². The van der Waals surface area contributed by atoms with Gasteiger partial charge < -0.3 is 9.84 Å². The first-order chi connectivity index (χ1) is 9.97. The molecule has 0 aliphatic carbocycles. The number of carbonyl (C=O) groups is 1. The van der Waals surface area contributed by atoms with E-state index in [1.165, 1.54) is 36.7 Å². The summed E-state index contributed by atoms with van der Waals surface area (Å²) >= 11 is 0. The Kier molecular flexibility index (Phi) is 4.28. The minimum Gasteiger partial charge on any atom is -0.482 e. The van der Waals surface area contributed by atoms with Gasteiger partial charge in [0.1, 0.15) is 5.75 Å². The topological polar surface area (TPSA) is 131 Å². The molecule has 2 aromatic rings. The average molecular weight is 310 g/mol. The molecule has 10 heteroatoms. The lowest BCUT2D eigenvalue weighted by molar-refractivity contribution is -0.139. The second kappa shape index (κ2) is 6.13.